The Labute approximate surface area is 115 Å². The van der Waals surface area contributed by atoms with Gasteiger partial charge in [0.2, 0.25) is 0 Å². The molecule has 0 spiro atoms. The van der Waals surface area contributed by atoms with Gasteiger partial charge < -0.3 is 15.0 Å². The highest BCUT2D eigenvalue weighted by atomic mass is 32.1. The molecule has 0 bridgehead atoms. The molecule has 2 N–H and O–H groups in total. The Bertz CT molecular complexity index is 567. The first-order chi connectivity index (χ1) is 9.35. The average molecular weight is 308 g/mol. The van der Waals surface area contributed by atoms with Crippen molar-refractivity contribution >= 4 is 11.3 Å². The minimum absolute atomic E-state index is 0.0274. The van der Waals surface area contributed by atoms with Crippen molar-refractivity contribution in [2.45, 2.75) is 25.7 Å². The van der Waals surface area contributed by atoms with Crippen molar-refractivity contribution in [1.82, 2.24) is 15.1 Å². The molecule has 2 aromatic heterocycles. The van der Waals surface area contributed by atoms with Gasteiger partial charge in [0.05, 0.1) is 6.04 Å². The van der Waals surface area contributed by atoms with Gasteiger partial charge in [-0.15, -0.1) is 11.3 Å². The zero-order valence-electron chi connectivity index (χ0n) is 10.3. The summed E-state index contributed by atoms with van der Waals surface area (Å²) in [6.45, 7) is 0.0442. The molecule has 6 nitrogen and oxygen atoms in total. The highest BCUT2D eigenvalue weighted by Gasteiger charge is 2.27. The van der Waals surface area contributed by atoms with Crippen LogP contribution in [0.15, 0.2) is 9.90 Å². The molecule has 10 heteroatoms. The van der Waals surface area contributed by atoms with E-state index in [0.717, 1.165) is 0 Å². The predicted octanol–water partition coefficient (Wildman–Crippen LogP) is 2.29. The summed E-state index contributed by atoms with van der Waals surface area (Å²) in [6, 6.07) is -0.216. The van der Waals surface area contributed by atoms with Gasteiger partial charge in [-0.1, -0.05) is 5.16 Å². The summed E-state index contributed by atoms with van der Waals surface area (Å²) in [6.07, 6.45) is -4.38. The van der Waals surface area contributed by atoms with Crippen molar-refractivity contribution in [3.05, 3.63) is 16.2 Å². The number of halogens is 3. The number of alkyl halides is 3. The summed E-state index contributed by atoms with van der Waals surface area (Å²) in [7, 11) is 0. The maximum Gasteiger partial charge on any atom is 0.411 e. The maximum atomic E-state index is 11.9. The lowest BCUT2D eigenvalue weighted by Crippen LogP contribution is -2.16. The lowest BCUT2D eigenvalue weighted by atomic mass is 10.4. The predicted molar refractivity (Wildman–Crippen MR) is 63.7 cm³/mol. The molecular formula is C10H11F3N4O2S. The second-order valence-electron chi connectivity index (χ2n) is 3.98. The van der Waals surface area contributed by atoms with Crippen molar-refractivity contribution in [2.75, 3.05) is 6.61 Å². The minimum atomic E-state index is -4.38. The van der Waals surface area contributed by atoms with Crippen molar-refractivity contribution < 1.29 is 22.4 Å². The first-order valence-electron chi connectivity index (χ1n) is 5.53. The maximum absolute atomic E-state index is 11.9. The molecule has 0 aromatic carbocycles. The Morgan fingerprint density at radius 3 is 2.80 bits per heavy atom. The van der Waals surface area contributed by atoms with E-state index >= 15 is 0 Å². The average Bonchev–Trinajstić information content (AvgIpc) is 2.94. The number of ether oxygens (including phenoxy) is 1. The Kier molecular flexibility index (Phi) is 4.35. The highest BCUT2D eigenvalue weighted by Crippen LogP contribution is 2.23. The van der Waals surface area contributed by atoms with Crippen LogP contribution in [0, 0.1) is 0 Å². The fraction of sp³-hybridized carbons (Fsp3) is 0.500. The van der Waals surface area contributed by atoms with Gasteiger partial charge in [0.25, 0.3) is 5.89 Å². The van der Waals surface area contributed by atoms with Gasteiger partial charge in [0.15, 0.2) is 5.82 Å². The molecular weight excluding hydrogens is 297 g/mol. The van der Waals surface area contributed by atoms with E-state index in [1.807, 2.05) is 0 Å². The van der Waals surface area contributed by atoms with Crippen LogP contribution in [0.2, 0.25) is 0 Å². The van der Waals surface area contributed by atoms with Crippen LogP contribution in [-0.4, -0.2) is 27.9 Å². The van der Waals surface area contributed by atoms with E-state index in [-0.39, 0.29) is 24.4 Å². The van der Waals surface area contributed by atoms with Crippen LogP contribution in [0.5, 0.6) is 0 Å². The van der Waals surface area contributed by atoms with Crippen molar-refractivity contribution in [1.29, 1.82) is 0 Å². The quantitative estimate of drug-likeness (QED) is 0.912. The van der Waals surface area contributed by atoms with E-state index in [1.54, 1.807) is 12.3 Å². The van der Waals surface area contributed by atoms with Crippen molar-refractivity contribution in [3.8, 4) is 11.6 Å². The Morgan fingerprint density at radius 1 is 1.45 bits per heavy atom. The summed E-state index contributed by atoms with van der Waals surface area (Å²) in [5.74, 6) is 0.151. The van der Waals surface area contributed by atoms with Gasteiger partial charge in [-0.2, -0.15) is 18.2 Å². The molecule has 0 aliphatic heterocycles. The van der Waals surface area contributed by atoms with Crippen LogP contribution >= 0.6 is 11.3 Å². The molecule has 1 atom stereocenters. The van der Waals surface area contributed by atoms with Gasteiger partial charge in [0, 0.05) is 5.38 Å². The third kappa shape index (κ3) is 3.99. The number of aromatic nitrogens is 3. The molecule has 0 radical (unpaired) electrons. The summed E-state index contributed by atoms with van der Waals surface area (Å²) >= 11 is 1.34. The standard InChI is InChI=1S/C10H11F3N4O2S/c1-5(14)9-15-6(3-20-9)8-16-7(17-19-8)2-18-4-10(11,12)13/h3,5H,2,4,14H2,1H3. The van der Waals surface area contributed by atoms with Crippen molar-refractivity contribution in [2.24, 2.45) is 5.73 Å². The van der Waals surface area contributed by atoms with Crippen LogP contribution in [0.25, 0.3) is 11.6 Å². The summed E-state index contributed by atoms with van der Waals surface area (Å²) < 4.78 is 45.0. The van der Waals surface area contributed by atoms with Crippen LogP contribution in [0.4, 0.5) is 13.2 Å². The van der Waals surface area contributed by atoms with Gasteiger partial charge >= 0.3 is 6.18 Å². The number of hydrogen-bond donors (Lipinski definition) is 1. The van der Waals surface area contributed by atoms with Crippen LogP contribution in [-0.2, 0) is 11.3 Å². The molecule has 0 amide bonds. The molecule has 2 aromatic rings. The highest BCUT2D eigenvalue weighted by molar-refractivity contribution is 7.10. The SMILES string of the molecule is CC(N)c1nc(-c2nc(COCC(F)(F)F)no2)cs1. The normalized spacial score (nSPS) is 13.7. The molecule has 0 aliphatic rings. The molecule has 110 valence electrons. The number of nitrogens with zero attached hydrogens (tertiary/aromatic N) is 3. The fourth-order valence-electron chi connectivity index (χ4n) is 1.27. The Morgan fingerprint density at radius 2 is 2.20 bits per heavy atom. The van der Waals surface area contributed by atoms with Gasteiger partial charge in [-0.05, 0) is 6.92 Å². The molecule has 1 unspecified atom stereocenters. The van der Waals surface area contributed by atoms with Gasteiger partial charge in [-0.3, -0.25) is 0 Å². The summed E-state index contributed by atoms with van der Waals surface area (Å²) in [5, 5.41) is 5.91. The Balaban J connectivity index is 1.97. The van der Waals surface area contributed by atoms with E-state index < -0.39 is 12.8 Å². The summed E-state index contributed by atoms with van der Waals surface area (Å²) in [4.78, 5) is 8.10. The number of hydrogen-bond acceptors (Lipinski definition) is 7. The first kappa shape index (κ1) is 14.9. The number of nitrogens with two attached hydrogens (primary N) is 1. The van der Waals surface area contributed by atoms with Crippen LogP contribution in [0.3, 0.4) is 0 Å². The van der Waals surface area contributed by atoms with E-state index in [0.29, 0.717) is 10.7 Å². The zero-order valence-corrected chi connectivity index (χ0v) is 11.2. The zero-order chi connectivity index (χ0) is 14.8. The number of rotatable bonds is 5. The molecule has 0 saturated carbocycles. The minimum Gasteiger partial charge on any atom is -0.364 e. The first-order valence-corrected chi connectivity index (χ1v) is 6.41. The molecule has 2 rings (SSSR count). The van der Waals surface area contributed by atoms with E-state index in [9.17, 15) is 13.2 Å². The largest absolute Gasteiger partial charge is 0.411 e. The van der Waals surface area contributed by atoms with Gasteiger partial charge in [-0.25, -0.2) is 4.98 Å². The van der Waals surface area contributed by atoms with Crippen molar-refractivity contribution in [3.63, 3.8) is 0 Å². The molecule has 20 heavy (non-hydrogen) atoms. The van der Waals surface area contributed by atoms with E-state index in [1.165, 1.54) is 11.3 Å². The molecule has 0 aliphatic carbocycles. The van der Waals surface area contributed by atoms with Crippen LogP contribution in [0.1, 0.15) is 23.8 Å². The lowest BCUT2D eigenvalue weighted by molar-refractivity contribution is -0.177. The topological polar surface area (TPSA) is 87.1 Å². The second-order valence-corrected chi connectivity index (χ2v) is 4.87. The van der Waals surface area contributed by atoms with E-state index in [2.05, 4.69) is 19.9 Å². The Hall–Kier alpha value is -1.52. The molecule has 2 heterocycles. The molecule has 0 fully saturated rings. The third-order valence-electron chi connectivity index (χ3n) is 2.10. The molecule has 0 saturated heterocycles. The third-order valence-corrected chi connectivity index (χ3v) is 3.14. The smallest absolute Gasteiger partial charge is 0.364 e. The number of thiazole rings is 1. The fourth-order valence-corrected chi connectivity index (χ4v) is 2.02. The van der Waals surface area contributed by atoms with E-state index in [4.69, 9.17) is 10.3 Å². The second kappa shape index (κ2) is 5.85. The van der Waals surface area contributed by atoms with Gasteiger partial charge in [0.1, 0.15) is 23.9 Å². The monoisotopic (exact) mass is 308 g/mol. The van der Waals surface area contributed by atoms with Crippen LogP contribution < -0.4 is 5.73 Å². The summed E-state index contributed by atoms with van der Waals surface area (Å²) in [5.41, 5.74) is 6.11. The lowest BCUT2D eigenvalue weighted by Gasteiger charge is -2.04.